The largest absolute Gasteiger partial charge is 0.435 e. The molecule has 3 aromatic rings. The maximum Gasteiger partial charge on any atom is 0.435 e. The van der Waals surface area contributed by atoms with Gasteiger partial charge in [0, 0.05) is 44.1 Å². The minimum absolute atomic E-state index is 0.0134. The molecule has 0 spiro atoms. The maximum absolute atomic E-state index is 13.5. The van der Waals surface area contributed by atoms with Crippen molar-refractivity contribution in [3.05, 3.63) is 66.7 Å². The molecule has 0 aliphatic carbocycles. The van der Waals surface area contributed by atoms with E-state index >= 15 is 0 Å². The third-order valence-electron chi connectivity index (χ3n) is 6.92. The smallest absolute Gasteiger partial charge is 0.387 e. The van der Waals surface area contributed by atoms with Gasteiger partial charge in [-0.05, 0) is 25.0 Å². The van der Waals surface area contributed by atoms with Gasteiger partial charge in [-0.25, -0.2) is 4.98 Å². The Labute approximate surface area is 237 Å². The first-order valence-corrected chi connectivity index (χ1v) is 13.5. The number of amides is 1. The van der Waals surface area contributed by atoms with Crippen LogP contribution in [0.25, 0.3) is 0 Å². The number of nitrogens with zero attached hydrogens (tertiary/aromatic N) is 6. The van der Waals surface area contributed by atoms with E-state index in [-0.39, 0.29) is 23.1 Å². The fraction of sp³-hybridized carbons (Fsp3) is 0.458. The molecule has 0 bridgehead atoms. The summed E-state index contributed by atoms with van der Waals surface area (Å²) >= 11 is 7.42. The number of hydrogen-bond acceptors (Lipinski definition) is 7. The fourth-order valence-electron chi connectivity index (χ4n) is 4.80. The molecule has 0 N–H and O–H groups in total. The van der Waals surface area contributed by atoms with Crippen molar-refractivity contribution in [1.29, 1.82) is 0 Å². The zero-order valence-electron chi connectivity index (χ0n) is 21.2. The molecule has 1 unspecified atom stereocenters. The van der Waals surface area contributed by atoms with Gasteiger partial charge in [-0.15, -0.1) is 11.3 Å². The summed E-state index contributed by atoms with van der Waals surface area (Å²) in [7, 11) is 1.30. The lowest BCUT2D eigenvalue weighted by atomic mass is 9.97. The molecule has 0 saturated carbocycles. The first kappa shape index (κ1) is 29.1. The van der Waals surface area contributed by atoms with Crippen LogP contribution in [0.5, 0.6) is 0 Å². The van der Waals surface area contributed by atoms with Gasteiger partial charge in [-0.1, -0.05) is 16.8 Å². The Morgan fingerprint density at radius 3 is 2.54 bits per heavy atom. The summed E-state index contributed by atoms with van der Waals surface area (Å²) in [6, 6.07) is 1.75. The summed E-state index contributed by atoms with van der Waals surface area (Å²) in [5.41, 5.74) is -3.21. The number of halogens is 7. The quantitative estimate of drug-likeness (QED) is 0.373. The molecule has 220 valence electrons. The molecule has 41 heavy (non-hydrogen) atoms. The standard InChI is InChI=1S/C24H21ClF6N6O3S/c1-35-20(25)18(19(33-35)24(29,30)31)16-9-14(34-40-16)15-11-41-21(32-15)12-4-7-36(8-5-12)17(38)10-37-6-2-3-13(22(37)39)23(26,27)28/h2-3,6,11-12,16H,4-5,7-10H2,1H3. The Morgan fingerprint density at radius 2 is 1.88 bits per heavy atom. The number of aryl methyl sites for hydroxylation is 1. The summed E-state index contributed by atoms with van der Waals surface area (Å²) in [6.07, 6.45) is -8.40. The molecular formula is C24H21ClF6N6O3S. The predicted octanol–water partition coefficient (Wildman–Crippen LogP) is 5.00. The Hall–Kier alpha value is -3.40. The van der Waals surface area contributed by atoms with Gasteiger partial charge < -0.3 is 14.3 Å². The summed E-state index contributed by atoms with van der Waals surface area (Å²) in [4.78, 5) is 36.3. The SMILES string of the molecule is Cn1nc(C(F)(F)F)c(C2CC(c3csc(C4CCN(C(=O)Cn5cccc(C(F)(F)F)c5=O)CC4)n3)=NO2)c1Cl. The van der Waals surface area contributed by atoms with Gasteiger partial charge >= 0.3 is 12.4 Å². The lowest BCUT2D eigenvalue weighted by molar-refractivity contribution is -0.143. The van der Waals surface area contributed by atoms with E-state index in [0.717, 1.165) is 26.5 Å². The Kier molecular flexibility index (Phi) is 7.65. The number of likely N-dealkylation sites (tertiary alicyclic amines) is 1. The van der Waals surface area contributed by atoms with Crippen molar-refractivity contribution in [2.45, 2.75) is 50.2 Å². The van der Waals surface area contributed by atoms with Crippen LogP contribution >= 0.6 is 22.9 Å². The maximum atomic E-state index is 13.5. The van der Waals surface area contributed by atoms with Crippen molar-refractivity contribution in [3.63, 3.8) is 0 Å². The Bertz CT molecular complexity index is 1550. The highest BCUT2D eigenvalue weighted by Gasteiger charge is 2.43. The van der Waals surface area contributed by atoms with Crippen molar-refractivity contribution in [1.82, 2.24) is 24.2 Å². The van der Waals surface area contributed by atoms with E-state index in [1.807, 2.05) is 0 Å². The van der Waals surface area contributed by atoms with Gasteiger partial charge in [0.2, 0.25) is 5.91 Å². The molecule has 1 fully saturated rings. The van der Waals surface area contributed by atoms with Crippen LogP contribution in [0.15, 0.2) is 33.7 Å². The van der Waals surface area contributed by atoms with Gasteiger partial charge in [0.1, 0.15) is 23.0 Å². The molecule has 9 nitrogen and oxygen atoms in total. The van der Waals surface area contributed by atoms with Crippen molar-refractivity contribution >= 4 is 34.6 Å². The highest BCUT2D eigenvalue weighted by molar-refractivity contribution is 7.10. The van der Waals surface area contributed by atoms with Crippen molar-refractivity contribution in [3.8, 4) is 0 Å². The van der Waals surface area contributed by atoms with E-state index in [1.165, 1.54) is 23.3 Å². The topological polar surface area (TPSA) is 94.6 Å². The number of oxime groups is 1. The number of rotatable bonds is 5. The molecule has 5 heterocycles. The Balaban J connectivity index is 1.20. The van der Waals surface area contributed by atoms with Crippen LogP contribution in [0.4, 0.5) is 26.3 Å². The number of aromatic nitrogens is 4. The highest BCUT2D eigenvalue weighted by atomic mass is 35.5. The highest BCUT2D eigenvalue weighted by Crippen LogP contribution is 2.42. The molecule has 0 aromatic carbocycles. The summed E-state index contributed by atoms with van der Waals surface area (Å²) < 4.78 is 81.1. The summed E-state index contributed by atoms with van der Waals surface area (Å²) in [5.74, 6) is -0.488. The van der Waals surface area contributed by atoms with Crippen LogP contribution in [0.1, 0.15) is 58.8 Å². The number of carbonyl (C=O) groups excluding carboxylic acids is 1. The second-order valence-corrected chi connectivity index (χ2v) is 10.8. The number of alkyl halides is 6. The van der Waals surface area contributed by atoms with Crippen molar-refractivity contribution in [2.75, 3.05) is 13.1 Å². The summed E-state index contributed by atoms with van der Waals surface area (Å²) in [5, 5.41) is 9.70. The van der Waals surface area contributed by atoms with E-state index in [2.05, 4.69) is 15.2 Å². The predicted molar refractivity (Wildman–Crippen MR) is 135 cm³/mol. The van der Waals surface area contributed by atoms with Gasteiger partial charge in [-0.2, -0.15) is 31.4 Å². The van der Waals surface area contributed by atoms with E-state index in [1.54, 1.807) is 5.38 Å². The second kappa shape index (κ2) is 10.8. The minimum atomic E-state index is -4.82. The molecular weight excluding hydrogens is 602 g/mol. The lowest BCUT2D eigenvalue weighted by Gasteiger charge is -2.31. The van der Waals surface area contributed by atoms with Crippen molar-refractivity contribution in [2.24, 2.45) is 12.2 Å². The van der Waals surface area contributed by atoms with Crippen LogP contribution in [0, 0.1) is 0 Å². The second-order valence-electron chi connectivity index (χ2n) is 9.59. The summed E-state index contributed by atoms with van der Waals surface area (Å²) in [6.45, 7) is 0.128. The van der Waals surface area contributed by atoms with Gasteiger partial charge in [0.05, 0.1) is 16.3 Å². The molecule has 0 radical (unpaired) electrons. The molecule has 5 rings (SSSR count). The van der Waals surface area contributed by atoms with E-state index in [9.17, 15) is 35.9 Å². The average Bonchev–Trinajstić information content (AvgIpc) is 3.64. The number of pyridine rings is 1. The van der Waals surface area contributed by atoms with Gasteiger partial charge in [0.25, 0.3) is 5.56 Å². The van der Waals surface area contributed by atoms with E-state index in [4.69, 9.17) is 16.4 Å². The zero-order valence-corrected chi connectivity index (χ0v) is 22.7. The third kappa shape index (κ3) is 5.84. The van der Waals surface area contributed by atoms with Gasteiger partial charge in [0.15, 0.2) is 11.8 Å². The minimum Gasteiger partial charge on any atom is -0.387 e. The average molecular weight is 623 g/mol. The molecule has 3 aromatic heterocycles. The molecule has 1 saturated heterocycles. The van der Waals surface area contributed by atoms with Crippen LogP contribution in [0.3, 0.4) is 0 Å². The molecule has 1 atom stereocenters. The third-order valence-corrected chi connectivity index (χ3v) is 8.37. The fourth-order valence-corrected chi connectivity index (χ4v) is 6.05. The molecule has 2 aliphatic heterocycles. The number of piperidine rings is 1. The zero-order chi connectivity index (χ0) is 29.7. The van der Waals surface area contributed by atoms with E-state index in [0.29, 0.717) is 43.4 Å². The van der Waals surface area contributed by atoms with Crippen LogP contribution < -0.4 is 5.56 Å². The van der Waals surface area contributed by atoms with Crippen LogP contribution in [-0.2, 0) is 35.6 Å². The first-order valence-electron chi connectivity index (χ1n) is 12.3. The number of hydrogen-bond donors (Lipinski definition) is 0. The number of thiazole rings is 1. The van der Waals surface area contributed by atoms with Crippen LogP contribution in [-0.4, -0.2) is 48.9 Å². The Morgan fingerprint density at radius 1 is 1.17 bits per heavy atom. The molecule has 1 amide bonds. The lowest BCUT2D eigenvalue weighted by Crippen LogP contribution is -2.41. The van der Waals surface area contributed by atoms with Crippen molar-refractivity contribution < 1.29 is 36.0 Å². The molecule has 17 heteroatoms. The first-order chi connectivity index (χ1) is 19.2. The van der Waals surface area contributed by atoms with Gasteiger partial charge in [-0.3, -0.25) is 14.3 Å². The molecule has 2 aliphatic rings. The normalized spacial score (nSPS) is 18.5. The number of carbonyl (C=O) groups is 1. The van der Waals surface area contributed by atoms with E-state index < -0.39 is 47.7 Å². The van der Waals surface area contributed by atoms with Crippen LogP contribution in [0.2, 0.25) is 5.15 Å². The monoisotopic (exact) mass is 622 g/mol.